The average molecular weight is 381 g/mol. The molecule has 0 unspecified atom stereocenters. The van der Waals surface area contributed by atoms with Gasteiger partial charge in [0.15, 0.2) is 0 Å². The fraction of sp³-hybridized carbons (Fsp3) is 0.667. The second kappa shape index (κ2) is 12.3. The number of carboxylic acids is 1. The number of hydrogen-bond acceptors (Lipinski definition) is 5. The first-order chi connectivity index (χ1) is 12.7. The van der Waals surface area contributed by atoms with Crippen LogP contribution in [0.3, 0.4) is 0 Å². The van der Waals surface area contributed by atoms with Crippen molar-refractivity contribution in [1.29, 1.82) is 0 Å². The first kappa shape index (κ1) is 24.9. The van der Waals surface area contributed by atoms with Crippen molar-refractivity contribution in [2.45, 2.75) is 73.3 Å². The molecule has 27 heavy (non-hydrogen) atoms. The Morgan fingerprint density at radius 3 is 2.11 bits per heavy atom. The number of rotatable bonds is 4. The van der Waals surface area contributed by atoms with Gasteiger partial charge in [-0.2, -0.15) is 0 Å². The van der Waals surface area contributed by atoms with E-state index in [4.69, 9.17) is 9.84 Å². The Bertz CT molecular complexity index is 557. The molecule has 0 bridgehead atoms. The van der Waals surface area contributed by atoms with E-state index < -0.39 is 17.5 Å². The van der Waals surface area contributed by atoms with Crippen molar-refractivity contribution in [2.75, 3.05) is 18.0 Å². The maximum Gasteiger partial charge on any atom is 0.357 e. The lowest BCUT2D eigenvalue weighted by molar-refractivity contribution is -0.138. The molecule has 1 N–H and O–H groups in total. The molecule has 0 amide bonds. The Hall–Kier alpha value is -2.11. The van der Waals surface area contributed by atoms with Crippen molar-refractivity contribution in [3.8, 4) is 0 Å². The van der Waals surface area contributed by atoms with Crippen molar-refractivity contribution in [3.05, 3.63) is 24.0 Å². The highest BCUT2D eigenvalue weighted by Crippen LogP contribution is 2.25. The first-order valence-electron chi connectivity index (χ1n) is 9.91. The number of carboxylic acid groups (broad SMARTS) is 1. The van der Waals surface area contributed by atoms with Gasteiger partial charge >= 0.3 is 11.9 Å². The third-order valence-electron chi connectivity index (χ3n) is 3.80. The maximum absolute atomic E-state index is 11.9. The number of piperidine rings is 1. The minimum absolute atomic E-state index is 0.240. The largest absolute Gasteiger partial charge is 0.481 e. The fourth-order valence-electron chi connectivity index (χ4n) is 2.67. The molecule has 0 aromatic carbocycles. The lowest BCUT2D eigenvalue weighted by Gasteiger charge is -2.32. The van der Waals surface area contributed by atoms with Crippen molar-refractivity contribution < 1.29 is 19.4 Å². The second-order valence-electron chi connectivity index (χ2n) is 6.93. The molecule has 154 valence electrons. The Morgan fingerprint density at radius 1 is 1.15 bits per heavy atom. The molecule has 0 spiro atoms. The van der Waals surface area contributed by atoms with E-state index in [1.165, 1.54) is 0 Å². The molecular weight excluding hydrogens is 344 g/mol. The average Bonchev–Trinajstić information content (AvgIpc) is 2.64. The van der Waals surface area contributed by atoms with Gasteiger partial charge in [0.2, 0.25) is 0 Å². The Kier molecular flexibility index (Phi) is 11.3. The van der Waals surface area contributed by atoms with Gasteiger partial charge in [0.25, 0.3) is 0 Å². The first-order valence-corrected chi connectivity index (χ1v) is 9.91. The lowest BCUT2D eigenvalue weighted by atomic mass is 9.93. The van der Waals surface area contributed by atoms with Crippen LogP contribution in [0.5, 0.6) is 0 Å². The molecule has 0 radical (unpaired) electrons. The molecule has 0 saturated carbocycles. The highest BCUT2D eigenvalue weighted by molar-refractivity contribution is 5.87. The summed E-state index contributed by atoms with van der Waals surface area (Å²) in [5.41, 5.74) is 0.708. The molecule has 6 heteroatoms. The quantitative estimate of drug-likeness (QED) is 0.757. The molecule has 1 aliphatic heterocycles. The van der Waals surface area contributed by atoms with E-state index >= 15 is 0 Å². The minimum atomic E-state index is -0.730. The number of aromatic nitrogens is 1. The molecule has 1 fully saturated rings. The number of esters is 1. The Labute approximate surface area is 163 Å². The zero-order chi connectivity index (χ0) is 21.0. The van der Waals surface area contributed by atoms with E-state index in [9.17, 15) is 9.59 Å². The summed E-state index contributed by atoms with van der Waals surface area (Å²) >= 11 is 0. The van der Waals surface area contributed by atoms with Gasteiger partial charge in [0.1, 0.15) is 11.3 Å². The molecule has 1 aromatic heterocycles. The highest BCUT2D eigenvalue weighted by Gasteiger charge is 2.22. The van der Waals surface area contributed by atoms with E-state index in [1.54, 1.807) is 12.3 Å². The van der Waals surface area contributed by atoms with Crippen LogP contribution in [-0.2, 0) is 9.53 Å². The van der Waals surface area contributed by atoms with E-state index in [1.807, 2.05) is 54.5 Å². The summed E-state index contributed by atoms with van der Waals surface area (Å²) in [7, 11) is 0. The Balaban J connectivity index is 0.00000158. The van der Waals surface area contributed by atoms with Crippen LogP contribution in [0.1, 0.15) is 78.2 Å². The van der Waals surface area contributed by atoms with E-state index in [0.29, 0.717) is 5.69 Å². The van der Waals surface area contributed by atoms with Crippen LogP contribution in [-0.4, -0.2) is 40.7 Å². The van der Waals surface area contributed by atoms with Crippen molar-refractivity contribution in [2.24, 2.45) is 5.92 Å². The number of aliphatic carboxylic acids is 1. The molecule has 1 saturated heterocycles. The number of anilines is 1. The molecule has 1 aliphatic rings. The van der Waals surface area contributed by atoms with Gasteiger partial charge in [-0.3, -0.25) is 4.79 Å². The molecule has 6 nitrogen and oxygen atoms in total. The van der Waals surface area contributed by atoms with Crippen LogP contribution >= 0.6 is 0 Å². The third kappa shape index (κ3) is 9.40. The van der Waals surface area contributed by atoms with Crippen LogP contribution in [0.2, 0.25) is 0 Å². The molecule has 0 atom stereocenters. The lowest BCUT2D eigenvalue weighted by Crippen LogP contribution is -2.34. The van der Waals surface area contributed by atoms with Gasteiger partial charge in [0, 0.05) is 19.5 Å². The summed E-state index contributed by atoms with van der Waals surface area (Å²) in [5.74, 6) is -0.909. The topological polar surface area (TPSA) is 79.7 Å². The highest BCUT2D eigenvalue weighted by atomic mass is 16.6. The van der Waals surface area contributed by atoms with Crippen molar-refractivity contribution in [1.82, 2.24) is 4.98 Å². The number of hydrogen-bond donors (Lipinski definition) is 1. The molecular formula is C21H36N2O4. The number of pyridine rings is 1. The summed E-state index contributed by atoms with van der Waals surface area (Å²) in [6, 6.07) is 3.54. The zero-order valence-corrected chi connectivity index (χ0v) is 17.9. The maximum atomic E-state index is 11.9. The van der Waals surface area contributed by atoms with Gasteiger partial charge in [-0.25, -0.2) is 9.78 Å². The predicted molar refractivity (Wildman–Crippen MR) is 109 cm³/mol. The number of carbonyl (C=O) groups is 2. The van der Waals surface area contributed by atoms with E-state index in [2.05, 4.69) is 9.88 Å². The standard InChI is InChI=1S/C17H24N2O4.2C2H6/c1-17(2,3)23-16(22)14-5-4-13(11-18-14)19-8-6-12(7-9-19)10-15(20)21;2*1-2/h4-5,11-12H,6-10H2,1-3H3,(H,20,21);2*1-2H3. The van der Waals surface area contributed by atoms with Crippen molar-refractivity contribution >= 4 is 17.6 Å². The summed E-state index contributed by atoms with van der Waals surface area (Å²) in [6.07, 6.45) is 3.64. The molecule has 1 aromatic rings. The van der Waals surface area contributed by atoms with Gasteiger partial charge in [-0.1, -0.05) is 27.7 Å². The van der Waals surface area contributed by atoms with Gasteiger partial charge in [0.05, 0.1) is 11.9 Å². The van der Waals surface area contributed by atoms with Gasteiger partial charge in [-0.05, 0) is 51.7 Å². The minimum Gasteiger partial charge on any atom is -0.481 e. The number of ether oxygens (including phenoxy) is 1. The monoisotopic (exact) mass is 380 g/mol. The van der Waals surface area contributed by atoms with Gasteiger partial charge in [-0.15, -0.1) is 0 Å². The van der Waals surface area contributed by atoms with Crippen LogP contribution in [0.4, 0.5) is 5.69 Å². The third-order valence-corrected chi connectivity index (χ3v) is 3.80. The second-order valence-corrected chi connectivity index (χ2v) is 6.93. The zero-order valence-electron chi connectivity index (χ0n) is 17.9. The normalized spacial score (nSPS) is 14.3. The van der Waals surface area contributed by atoms with Gasteiger partial charge < -0.3 is 14.7 Å². The smallest absolute Gasteiger partial charge is 0.357 e. The summed E-state index contributed by atoms with van der Waals surface area (Å²) in [4.78, 5) is 29.1. The Morgan fingerprint density at radius 2 is 1.70 bits per heavy atom. The molecule has 2 rings (SSSR count). The fourth-order valence-corrected chi connectivity index (χ4v) is 2.67. The predicted octanol–water partition coefficient (Wildman–Crippen LogP) is 4.78. The van der Waals surface area contributed by atoms with Crippen LogP contribution in [0, 0.1) is 5.92 Å². The molecule has 0 aliphatic carbocycles. The number of carbonyl (C=O) groups excluding carboxylic acids is 1. The summed E-state index contributed by atoms with van der Waals surface area (Å²) < 4.78 is 5.29. The number of nitrogens with zero attached hydrogens (tertiary/aromatic N) is 2. The van der Waals surface area contributed by atoms with E-state index in [0.717, 1.165) is 31.6 Å². The summed E-state index contributed by atoms with van der Waals surface area (Å²) in [6.45, 7) is 15.1. The summed E-state index contributed by atoms with van der Waals surface area (Å²) in [5, 5.41) is 8.84. The van der Waals surface area contributed by atoms with E-state index in [-0.39, 0.29) is 12.3 Å². The molecule has 2 heterocycles. The van der Waals surface area contributed by atoms with Crippen LogP contribution in [0.25, 0.3) is 0 Å². The van der Waals surface area contributed by atoms with Crippen LogP contribution in [0.15, 0.2) is 18.3 Å². The van der Waals surface area contributed by atoms with Crippen LogP contribution < -0.4 is 4.90 Å². The van der Waals surface area contributed by atoms with Crippen molar-refractivity contribution in [3.63, 3.8) is 0 Å². The SMILES string of the molecule is CC.CC.CC(C)(C)OC(=O)c1ccc(N2CCC(CC(=O)O)CC2)cn1.